The van der Waals surface area contributed by atoms with Crippen molar-refractivity contribution in [2.24, 2.45) is 0 Å². The van der Waals surface area contributed by atoms with Gasteiger partial charge in [0.1, 0.15) is 0 Å². The number of fused-ring (bicyclic) bond motifs is 3. The molecule has 1 amide bonds. The van der Waals surface area contributed by atoms with Crippen molar-refractivity contribution in [1.82, 2.24) is 25.3 Å². The predicted molar refractivity (Wildman–Crippen MR) is 139 cm³/mol. The summed E-state index contributed by atoms with van der Waals surface area (Å²) in [5.41, 5.74) is 9.34. The van der Waals surface area contributed by atoms with Crippen LogP contribution in [-0.2, 0) is 19.5 Å². The summed E-state index contributed by atoms with van der Waals surface area (Å²) in [5.74, 6) is -0.0438. The van der Waals surface area contributed by atoms with Crippen LogP contribution in [0.5, 0.6) is 0 Å². The van der Waals surface area contributed by atoms with Gasteiger partial charge in [-0.25, -0.2) is 15.4 Å². The highest BCUT2D eigenvalue weighted by Crippen LogP contribution is 2.33. The minimum Gasteiger partial charge on any atom is -0.358 e. The number of H-pyrrole nitrogens is 1. The minimum absolute atomic E-state index is 0.221. The number of aromatic amines is 1. The Hall–Kier alpha value is -3.75. The fraction of sp³-hybridized carbons (Fsp3) is 0.321. The number of nitrogens with one attached hydrogen (secondary N) is 2. The number of piperidine rings is 1. The number of nitrogens with zero attached hydrogens (tertiary/aromatic N) is 4. The molecule has 0 spiro atoms. The molecule has 0 bridgehead atoms. The predicted octanol–water partition coefficient (Wildman–Crippen LogP) is 4.29. The van der Waals surface area contributed by atoms with Gasteiger partial charge < -0.3 is 9.88 Å². The van der Waals surface area contributed by atoms with Gasteiger partial charge in [0, 0.05) is 60.6 Å². The third-order valence-corrected chi connectivity index (χ3v) is 7.38. The third kappa shape index (κ3) is 4.45. The molecule has 0 aliphatic carbocycles. The summed E-state index contributed by atoms with van der Waals surface area (Å²) in [6.07, 6.45) is 7.71. The summed E-state index contributed by atoms with van der Waals surface area (Å²) < 4.78 is 0. The molecule has 184 valence electrons. The lowest BCUT2D eigenvalue weighted by Crippen LogP contribution is -2.31. The van der Waals surface area contributed by atoms with Crippen LogP contribution in [0.2, 0.25) is 0 Å². The van der Waals surface area contributed by atoms with Gasteiger partial charge >= 0.3 is 0 Å². The third-order valence-electron chi connectivity index (χ3n) is 7.38. The molecule has 2 aliphatic heterocycles. The fourth-order valence-electron chi connectivity index (χ4n) is 5.46. The van der Waals surface area contributed by atoms with E-state index in [0.29, 0.717) is 12.5 Å². The maximum Gasteiger partial charge on any atom is 0.277 e. The van der Waals surface area contributed by atoms with Crippen LogP contribution in [0.1, 0.15) is 46.4 Å². The first-order valence-corrected chi connectivity index (χ1v) is 12.6. The molecule has 6 rings (SSSR count). The van der Waals surface area contributed by atoms with Crippen molar-refractivity contribution in [3.05, 3.63) is 77.2 Å². The zero-order chi connectivity index (χ0) is 24.5. The number of hydrogen-bond acceptors (Lipinski definition) is 6. The second kappa shape index (κ2) is 9.72. The Balaban J connectivity index is 1.26. The Morgan fingerprint density at radius 3 is 2.61 bits per heavy atom. The van der Waals surface area contributed by atoms with Crippen molar-refractivity contribution in [3.63, 3.8) is 0 Å². The van der Waals surface area contributed by atoms with E-state index < -0.39 is 5.91 Å². The van der Waals surface area contributed by atoms with E-state index in [1.807, 2.05) is 0 Å². The van der Waals surface area contributed by atoms with Gasteiger partial charge in [0.05, 0.1) is 5.56 Å². The molecule has 0 atom stereocenters. The Morgan fingerprint density at radius 1 is 1.00 bits per heavy atom. The van der Waals surface area contributed by atoms with Crippen molar-refractivity contribution < 1.29 is 10.0 Å². The topological polar surface area (TPSA) is 97.4 Å². The van der Waals surface area contributed by atoms with E-state index in [0.717, 1.165) is 25.0 Å². The maximum absolute atomic E-state index is 11.6. The van der Waals surface area contributed by atoms with Crippen LogP contribution in [0.4, 0.5) is 5.95 Å². The summed E-state index contributed by atoms with van der Waals surface area (Å²) in [6.45, 7) is 4.89. The maximum atomic E-state index is 11.6. The van der Waals surface area contributed by atoms with Gasteiger partial charge in [-0.1, -0.05) is 30.7 Å². The van der Waals surface area contributed by atoms with Crippen molar-refractivity contribution >= 4 is 22.8 Å². The van der Waals surface area contributed by atoms with E-state index in [9.17, 15) is 4.79 Å². The normalized spacial score (nSPS) is 16.2. The largest absolute Gasteiger partial charge is 0.358 e. The van der Waals surface area contributed by atoms with Crippen molar-refractivity contribution in [2.45, 2.75) is 38.8 Å². The number of carbonyl (C=O) groups is 1. The fourth-order valence-corrected chi connectivity index (χ4v) is 5.46. The Bertz CT molecular complexity index is 1390. The van der Waals surface area contributed by atoms with Crippen LogP contribution in [0, 0.1) is 0 Å². The molecule has 36 heavy (non-hydrogen) atoms. The minimum atomic E-state index is -0.619. The van der Waals surface area contributed by atoms with Crippen molar-refractivity contribution in [1.29, 1.82) is 0 Å². The smallest absolute Gasteiger partial charge is 0.277 e. The summed E-state index contributed by atoms with van der Waals surface area (Å²) in [4.78, 5) is 28.6. The summed E-state index contributed by atoms with van der Waals surface area (Å²) in [5, 5.41) is 10.0. The van der Waals surface area contributed by atoms with Gasteiger partial charge in [-0.3, -0.25) is 14.9 Å². The first-order chi connectivity index (χ1) is 17.7. The number of hydroxylamine groups is 1. The summed E-state index contributed by atoms with van der Waals surface area (Å²) >= 11 is 0. The van der Waals surface area contributed by atoms with Crippen molar-refractivity contribution in [3.8, 4) is 11.1 Å². The molecule has 2 aromatic heterocycles. The van der Waals surface area contributed by atoms with Gasteiger partial charge in [-0.2, -0.15) is 0 Å². The van der Waals surface area contributed by atoms with Crippen LogP contribution in [0.25, 0.3) is 22.0 Å². The number of likely N-dealkylation sites (tertiary alicyclic amines) is 1. The quantitative estimate of drug-likeness (QED) is 0.290. The molecular weight excluding hydrogens is 452 g/mol. The molecule has 4 heterocycles. The van der Waals surface area contributed by atoms with E-state index in [2.05, 4.69) is 67.2 Å². The molecule has 1 saturated heterocycles. The number of amides is 1. The number of anilines is 1. The van der Waals surface area contributed by atoms with Gasteiger partial charge in [0.15, 0.2) is 0 Å². The van der Waals surface area contributed by atoms with E-state index in [4.69, 9.17) is 5.21 Å². The van der Waals surface area contributed by atoms with E-state index in [1.54, 1.807) is 5.48 Å². The standard InChI is InChI=1S/C28H30N6O2/c35-27(32-36)22-15-29-28(30-16-22)34-12-9-26-24(18-34)23-14-21(7-8-25(23)31-26)20-6-4-5-19(13-20)17-33-10-2-1-3-11-33/h4-8,13-16,31,36H,1-3,9-12,17-18H2,(H,32,35). The molecule has 3 N–H and O–H groups in total. The molecular formula is C28H30N6O2. The molecule has 0 radical (unpaired) electrons. The highest BCUT2D eigenvalue weighted by molar-refractivity contribution is 5.93. The number of hydrogen-bond donors (Lipinski definition) is 3. The van der Waals surface area contributed by atoms with Gasteiger partial charge in [-0.15, -0.1) is 0 Å². The van der Waals surface area contributed by atoms with Crippen LogP contribution in [-0.4, -0.2) is 50.6 Å². The van der Waals surface area contributed by atoms with Crippen LogP contribution in [0.3, 0.4) is 0 Å². The SMILES string of the molecule is O=C(NO)c1cnc(N2CCc3[nH]c4ccc(-c5cccc(CN6CCCCC6)c5)cc4c3C2)nc1. The molecule has 8 heteroatoms. The van der Waals surface area contributed by atoms with Gasteiger partial charge in [0.2, 0.25) is 5.95 Å². The number of carbonyl (C=O) groups excluding carboxylic acids is 1. The molecule has 8 nitrogen and oxygen atoms in total. The number of rotatable bonds is 5. The zero-order valence-corrected chi connectivity index (χ0v) is 20.2. The molecule has 1 fully saturated rings. The number of benzene rings is 2. The number of aromatic nitrogens is 3. The van der Waals surface area contributed by atoms with E-state index in [-0.39, 0.29) is 5.56 Å². The molecule has 2 aromatic carbocycles. The highest BCUT2D eigenvalue weighted by atomic mass is 16.5. The van der Waals surface area contributed by atoms with E-state index in [1.165, 1.54) is 78.1 Å². The van der Waals surface area contributed by atoms with Crippen LogP contribution >= 0.6 is 0 Å². The monoisotopic (exact) mass is 482 g/mol. The van der Waals surface area contributed by atoms with Gasteiger partial charge in [-0.05, 0) is 60.8 Å². The first-order valence-electron chi connectivity index (χ1n) is 12.6. The molecule has 2 aliphatic rings. The zero-order valence-electron chi connectivity index (χ0n) is 20.2. The average molecular weight is 483 g/mol. The second-order valence-electron chi connectivity index (χ2n) is 9.76. The molecule has 4 aromatic rings. The molecule has 0 saturated carbocycles. The Morgan fingerprint density at radius 2 is 1.81 bits per heavy atom. The summed E-state index contributed by atoms with van der Waals surface area (Å²) in [7, 11) is 0. The van der Waals surface area contributed by atoms with E-state index >= 15 is 0 Å². The van der Waals surface area contributed by atoms with Gasteiger partial charge in [0.25, 0.3) is 5.91 Å². The Labute approximate surface area is 209 Å². The lowest BCUT2D eigenvalue weighted by atomic mass is 9.98. The second-order valence-corrected chi connectivity index (χ2v) is 9.76. The van der Waals surface area contributed by atoms with Crippen LogP contribution in [0.15, 0.2) is 54.9 Å². The molecule has 0 unspecified atom stereocenters. The lowest BCUT2D eigenvalue weighted by molar-refractivity contribution is 0.0705. The summed E-state index contributed by atoms with van der Waals surface area (Å²) in [6, 6.07) is 15.6. The van der Waals surface area contributed by atoms with Crippen molar-refractivity contribution in [2.75, 3.05) is 24.5 Å². The van der Waals surface area contributed by atoms with Crippen LogP contribution < -0.4 is 10.4 Å². The Kier molecular flexibility index (Phi) is 6.13. The lowest BCUT2D eigenvalue weighted by Gasteiger charge is -2.27. The highest BCUT2D eigenvalue weighted by Gasteiger charge is 2.23. The first kappa shape index (κ1) is 22.7. The average Bonchev–Trinajstić information content (AvgIpc) is 3.30.